The Morgan fingerprint density at radius 1 is 1.29 bits per heavy atom. The second-order valence-corrected chi connectivity index (χ2v) is 7.50. The third-order valence-corrected chi connectivity index (χ3v) is 5.14. The minimum atomic E-state index is -3.91. The molecule has 2 aromatic rings. The Morgan fingerprint density at radius 3 is 2.62 bits per heavy atom. The van der Waals surface area contributed by atoms with Crippen molar-refractivity contribution in [3.63, 3.8) is 0 Å². The summed E-state index contributed by atoms with van der Waals surface area (Å²) in [7, 11) is -3.91. The van der Waals surface area contributed by atoms with E-state index in [1.807, 2.05) is 6.07 Å². The second kappa shape index (κ2) is 6.47. The highest BCUT2D eigenvalue weighted by Crippen LogP contribution is 2.25. The number of nitrogens with one attached hydrogen (secondary N) is 1. The van der Waals surface area contributed by atoms with Crippen LogP contribution in [0.1, 0.15) is 5.56 Å². The molecule has 2 aromatic carbocycles. The van der Waals surface area contributed by atoms with E-state index in [1.54, 1.807) is 18.2 Å². The highest BCUT2D eigenvalue weighted by Gasteiger charge is 2.18. The molecule has 21 heavy (non-hydrogen) atoms. The van der Waals surface area contributed by atoms with E-state index >= 15 is 0 Å². The summed E-state index contributed by atoms with van der Waals surface area (Å²) in [6.45, 7) is -0.0532. The van der Waals surface area contributed by atoms with Crippen LogP contribution in [-0.2, 0) is 16.6 Å². The number of halogens is 3. The lowest BCUT2D eigenvalue weighted by molar-refractivity contribution is 0.594. The van der Waals surface area contributed by atoms with E-state index in [0.717, 1.165) is 9.64 Å². The van der Waals surface area contributed by atoms with Gasteiger partial charge in [0.1, 0.15) is 5.82 Å². The van der Waals surface area contributed by atoms with Crippen molar-refractivity contribution in [3.8, 4) is 0 Å². The predicted octanol–water partition coefficient (Wildman–Crippen LogP) is 3.34. The summed E-state index contributed by atoms with van der Waals surface area (Å²) in [4.78, 5) is -0.219. The van der Waals surface area contributed by atoms with Gasteiger partial charge >= 0.3 is 0 Å². The summed E-state index contributed by atoms with van der Waals surface area (Å²) in [5, 5.41) is -0.161. The Bertz CT molecular complexity index is 784. The number of hydrogen-bond donors (Lipinski definition) is 2. The normalized spacial score (nSPS) is 11.4. The van der Waals surface area contributed by atoms with Crippen LogP contribution in [0.4, 0.5) is 10.1 Å². The van der Waals surface area contributed by atoms with Crippen LogP contribution in [0.2, 0.25) is 5.02 Å². The van der Waals surface area contributed by atoms with Crippen LogP contribution >= 0.6 is 34.2 Å². The highest BCUT2D eigenvalue weighted by atomic mass is 127. The van der Waals surface area contributed by atoms with E-state index in [-0.39, 0.29) is 22.0 Å². The van der Waals surface area contributed by atoms with Gasteiger partial charge in [0, 0.05) is 15.8 Å². The first kappa shape index (κ1) is 16.5. The largest absolute Gasteiger partial charge is 0.326 e. The summed E-state index contributed by atoms with van der Waals surface area (Å²) in [6, 6.07) is 8.95. The van der Waals surface area contributed by atoms with E-state index in [0.29, 0.717) is 5.69 Å². The highest BCUT2D eigenvalue weighted by molar-refractivity contribution is 14.1. The Hall–Kier alpha value is -0.900. The van der Waals surface area contributed by atoms with Crippen LogP contribution in [0.25, 0.3) is 0 Å². The lowest BCUT2D eigenvalue weighted by Crippen LogP contribution is -2.14. The van der Waals surface area contributed by atoms with Gasteiger partial charge in [0.25, 0.3) is 10.0 Å². The fourth-order valence-electron chi connectivity index (χ4n) is 1.69. The average Bonchev–Trinajstić information content (AvgIpc) is 2.41. The molecule has 0 bridgehead atoms. The maximum atomic E-state index is 13.7. The lowest BCUT2D eigenvalue weighted by Gasteiger charge is -2.11. The van der Waals surface area contributed by atoms with E-state index in [1.165, 1.54) is 6.07 Å². The van der Waals surface area contributed by atoms with Crippen LogP contribution in [0, 0.1) is 9.39 Å². The number of sulfonamides is 1. The maximum Gasteiger partial charge on any atom is 0.262 e. The van der Waals surface area contributed by atoms with Gasteiger partial charge in [-0.25, -0.2) is 12.8 Å². The van der Waals surface area contributed by atoms with Gasteiger partial charge in [-0.05, 0) is 58.5 Å². The van der Waals surface area contributed by atoms with E-state index < -0.39 is 15.8 Å². The zero-order valence-corrected chi connectivity index (χ0v) is 14.3. The van der Waals surface area contributed by atoms with Crippen molar-refractivity contribution in [1.29, 1.82) is 0 Å². The number of hydrogen-bond acceptors (Lipinski definition) is 3. The number of nitrogens with two attached hydrogens (primary N) is 1. The average molecular weight is 441 g/mol. The molecular weight excluding hydrogens is 430 g/mol. The SMILES string of the molecule is NCc1cc(S(=O)(=O)Nc2cccc(I)c2)cc(F)c1Cl. The van der Waals surface area contributed by atoms with Crippen LogP contribution in [-0.4, -0.2) is 8.42 Å². The van der Waals surface area contributed by atoms with Crippen molar-refractivity contribution in [3.05, 3.63) is 56.4 Å². The fraction of sp³-hybridized carbons (Fsp3) is 0.0769. The van der Waals surface area contributed by atoms with Crippen molar-refractivity contribution >= 4 is 49.9 Å². The van der Waals surface area contributed by atoms with Crippen molar-refractivity contribution in [2.75, 3.05) is 4.72 Å². The molecule has 0 aliphatic carbocycles. The van der Waals surface area contributed by atoms with Gasteiger partial charge in [-0.3, -0.25) is 4.72 Å². The summed E-state index contributed by atoms with van der Waals surface area (Å²) in [5.74, 6) is -0.817. The smallest absolute Gasteiger partial charge is 0.262 e. The number of anilines is 1. The summed E-state index contributed by atoms with van der Waals surface area (Å²) in [5.41, 5.74) is 6.07. The third-order valence-electron chi connectivity index (χ3n) is 2.68. The molecule has 0 amide bonds. The quantitative estimate of drug-likeness (QED) is 0.716. The molecule has 0 saturated carbocycles. The Labute approximate surface area is 140 Å². The van der Waals surface area contributed by atoms with Gasteiger partial charge < -0.3 is 5.73 Å². The molecule has 0 heterocycles. The fourth-order valence-corrected chi connectivity index (χ4v) is 3.53. The maximum absolute atomic E-state index is 13.7. The minimum Gasteiger partial charge on any atom is -0.326 e. The zero-order valence-electron chi connectivity index (χ0n) is 10.6. The number of rotatable bonds is 4. The Morgan fingerprint density at radius 2 is 2.00 bits per heavy atom. The molecule has 0 spiro atoms. The molecule has 0 unspecified atom stereocenters. The molecule has 0 aromatic heterocycles. The standard InChI is InChI=1S/C13H11ClFIN2O2S/c14-13-8(7-17)4-11(6-12(13)15)21(19,20)18-10-3-1-2-9(16)5-10/h1-6,18H,7,17H2. The van der Waals surface area contributed by atoms with Crippen molar-refractivity contribution in [2.24, 2.45) is 5.73 Å². The van der Waals surface area contributed by atoms with E-state index in [9.17, 15) is 12.8 Å². The summed E-state index contributed by atoms with van der Waals surface area (Å²) >= 11 is 7.79. The van der Waals surface area contributed by atoms with E-state index in [4.69, 9.17) is 17.3 Å². The first-order valence-corrected chi connectivity index (χ1v) is 8.74. The van der Waals surface area contributed by atoms with Gasteiger partial charge in [-0.1, -0.05) is 17.7 Å². The van der Waals surface area contributed by atoms with Crippen LogP contribution in [0.5, 0.6) is 0 Å². The number of benzene rings is 2. The van der Waals surface area contributed by atoms with Crippen LogP contribution in [0.15, 0.2) is 41.3 Å². The van der Waals surface area contributed by atoms with Gasteiger partial charge in [0.05, 0.1) is 9.92 Å². The molecule has 0 aliphatic heterocycles. The predicted molar refractivity (Wildman–Crippen MR) is 89.3 cm³/mol. The summed E-state index contributed by atoms with van der Waals surface area (Å²) in [6.07, 6.45) is 0. The van der Waals surface area contributed by atoms with Gasteiger partial charge in [0.15, 0.2) is 0 Å². The monoisotopic (exact) mass is 440 g/mol. The minimum absolute atomic E-state index is 0.0532. The third kappa shape index (κ3) is 3.85. The van der Waals surface area contributed by atoms with Crippen LogP contribution in [0.3, 0.4) is 0 Å². The summed E-state index contributed by atoms with van der Waals surface area (Å²) < 4.78 is 41.5. The second-order valence-electron chi connectivity index (χ2n) is 4.20. The lowest BCUT2D eigenvalue weighted by atomic mass is 10.2. The van der Waals surface area contributed by atoms with Crippen molar-refractivity contribution < 1.29 is 12.8 Å². The Kier molecular flexibility index (Phi) is 5.07. The first-order chi connectivity index (χ1) is 9.83. The van der Waals surface area contributed by atoms with Crippen molar-refractivity contribution in [2.45, 2.75) is 11.4 Å². The van der Waals surface area contributed by atoms with Crippen molar-refractivity contribution in [1.82, 2.24) is 0 Å². The molecule has 0 fully saturated rings. The van der Waals surface area contributed by atoms with E-state index in [2.05, 4.69) is 27.3 Å². The topological polar surface area (TPSA) is 72.2 Å². The molecule has 0 saturated heterocycles. The molecule has 0 aliphatic rings. The molecule has 4 nitrogen and oxygen atoms in total. The van der Waals surface area contributed by atoms with Gasteiger partial charge in [-0.2, -0.15) is 0 Å². The zero-order chi connectivity index (χ0) is 15.6. The van der Waals surface area contributed by atoms with Gasteiger partial charge in [-0.15, -0.1) is 0 Å². The molecule has 8 heteroatoms. The molecule has 0 radical (unpaired) electrons. The molecule has 3 N–H and O–H groups in total. The Balaban J connectivity index is 2.42. The molecule has 0 atom stereocenters. The molecular formula is C13H11ClFIN2O2S. The van der Waals surface area contributed by atoms with Gasteiger partial charge in [0.2, 0.25) is 0 Å². The van der Waals surface area contributed by atoms with Crippen LogP contribution < -0.4 is 10.5 Å². The molecule has 112 valence electrons. The first-order valence-electron chi connectivity index (χ1n) is 5.80. The molecule has 2 rings (SSSR count).